The van der Waals surface area contributed by atoms with E-state index in [1.54, 1.807) is 6.07 Å². The molecule has 0 atom stereocenters. The molecule has 2 amide bonds. The highest BCUT2D eigenvalue weighted by atomic mass is 32.1. The lowest BCUT2D eigenvalue weighted by Crippen LogP contribution is -2.37. The summed E-state index contributed by atoms with van der Waals surface area (Å²) in [5, 5.41) is 7.29. The normalized spacial score (nSPS) is 10.6. The maximum absolute atomic E-state index is 11.6. The molecule has 1 rings (SSSR count). The molecule has 0 spiro atoms. The van der Waals surface area contributed by atoms with E-state index in [1.165, 1.54) is 30.6 Å². The third-order valence-electron chi connectivity index (χ3n) is 3.18. The molecule has 2 N–H and O–H groups in total. The molecule has 0 saturated heterocycles. The van der Waals surface area contributed by atoms with Crippen molar-refractivity contribution in [2.24, 2.45) is 5.92 Å². The van der Waals surface area contributed by atoms with Gasteiger partial charge in [-0.2, -0.15) is 0 Å². The first-order valence-corrected chi connectivity index (χ1v) is 8.56. The molecule has 0 bridgehead atoms. The van der Waals surface area contributed by atoms with Gasteiger partial charge >= 0.3 is 0 Å². The summed E-state index contributed by atoms with van der Waals surface area (Å²) in [6, 6.07) is 3.56. The zero-order valence-electron chi connectivity index (χ0n) is 13.0. The summed E-state index contributed by atoms with van der Waals surface area (Å²) in [5.41, 5.74) is 0. The molecule has 1 heterocycles. The van der Waals surface area contributed by atoms with Gasteiger partial charge in [0, 0.05) is 6.54 Å². The second-order valence-electron chi connectivity index (χ2n) is 5.61. The van der Waals surface area contributed by atoms with Gasteiger partial charge in [0.1, 0.15) is 0 Å². The predicted molar refractivity (Wildman–Crippen MR) is 87.6 cm³/mol. The van der Waals surface area contributed by atoms with Crippen LogP contribution in [0.15, 0.2) is 17.5 Å². The lowest BCUT2D eigenvalue weighted by atomic mass is 10.0. The molecular weight excluding hydrogens is 284 g/mol. The van der Waals surface area contributed by atoms with Crippen molar-refractivity contribution in [2.75, 3.05) is 13.1 Å². The van der Waals surface area contributed by atoms with E-state index in [-0.39, 0.29) is 18.4 Å². The first kappa shape index (κ1) is 17.7. The molecule has 1 aromatic rings. The number of nitrogens with one attached hydrogen (secondary N) is 2. The molecule has 21 heavy (non-hydrogen) atoms. The van der Waals surface area contributed by atoms with Crippen molar-refractivity contribution in [2.45, 2.75) is 46.0 Å². The standard InChI is InChI=1S/C16H26N2O2S/c1-13(2)8-5-3-4-6-10-17-15(19)12-18-16(20)14-9-7-11-21-14/h7,9,11,13H,3-6,8,10,12H2,1-2H3,(H,17,19)(H,18,20). The summed E-state index contributed by atoms with van der Waals surface area (Å²) in [5.74, 6) is 0.465. The Bertz CT molecular complexity index is 416. The van der Waals surface area contributed by atoms with Gasteiger partial charge in [-0.25, -0.2) is 0 Å². The summed E-state index contributed by atoms with van der Waals surface area (Å²) in [7, 11) is 0. The summed E-state index contributed by atoms with van der Waals surface area (Å²) >= 11 is 1.37. The van der Waals surface area contributed by atoms with Crippen LogP contribution in [-0.4, -0.2) is 24.9 Å². The van der Waals surface area contributed by atoms with Gasteiger partial charge in [-0.15, -0.1) is 11.3 Å². The molecule has 0 aliphatic rings. The number of rotatable bonds is 10. The molecule has 0 aliphatic heterocycles. The van der Waals surface area contributed by atoms with E-state index in [0.29, 0.717) is 11.4 Å². The van der Waals surface area contributed by atoms with Crippen LogP contribution >= 0.6 is 11.3 Å². The molecule has 5 heteroatoms. The van der Waals surface area contributed by atoms with Gasteiger partial charge in [0.05, 0.1) is 11.4 Å². The second-order valence-corrected chi connectivity index (χ2v) is 6.55. The average molecular weight is 310 g/mol. The van der Waals surface area contributed by atoms with Crippen molar-refractivity contribution >= 4 is 23.2 Å². The number of carbonyl (C=O) groups excluding carboxylic acids is 2. The highest BCUT2D eigenvalue weighted by molar-refractivity contribution is 7.12. The number of thiophene rings is 1. The van der Waals surface area contributed by atoms with Crippen molar-refractivity contribution in [1.82, 2.24) is 10.6 Å². The van der Waals surface area contributed by atoms with Crippen molar-refractivity contribution in [1.29, 1.82) is 0 Å². The minimum atomic E-state index is -0.186. The molecule has 1 aromatic heterocycles. The zero-order chi connectivity index (χ0) is 15.5. The van der Waals surface area contributed by atoms with E-state index < -0.39 is 0 Å². The van der Waals surface area contributed by atoms with Crippen molar-refractivity contribution < 1.29 is 9.59 Å². The molecule has 0 saturated carbocycles. The molecule has 0 unspecified atom stereocenters. The fraction of sp³-hybridized carbons (Fsp3) is 0.625. The first-order valence-electron chi connectivity index (χ1n) is 7.68. The first-order chi connectivity index (χ1) is 10.1. The second kappa shape index (κ2) is 10.4. The van der Waals surface area contributed by atoms with Crippen LogP contribution < -0.4 is 10.6 Å². The van der Waals surface area contributed by atoms with Crippen LogP contribution in [0.2, 0.25) is 0 Å². The Hall–Kier alpha value is -1.36. The lowest BCUT2D eigenvalue weighted by molar-refractivity contribution is -0.120. The Morgan fingerprint density at radius 2 is 1.90 bits per heavy atom. The number of carbonyl (C=O) groups is 2. The fourth-order valence-corrected chi connectivity index (χ4v) is 2.62. The Morgan fingerprint density at radius 3 is 2.57 bits per heavy atom. The predicted octanol–water partition coefficient (Wildman–Crippen LogP) is 3.20. The molecule has 4 nitrogen and oxygen atoms in total. The number of hydrogen-bond donors (Lipinski definition) is 2. The van der Waals surface area contributed by atoms with Crippen LogP contribution in [0, 0.1) is 5.92 Å². The van der Waals surface area contributed by atoms with Crippen LogP contribution in [0.5, 0.6) is 0 Å². The van der Waals surface area contributed by atoms with E-state index in [2.05, 4.69) is 24.5 Å². The van der Waals surface area contributed by atoms with Gasteiger partial charge in [-0.3, -0.25) is 9.59 Å². The van der Waals surface area contributed by atoms with Gasteiger partial charge in [-0.05, 0) is 23.8 Å². The summed E-state index contributed by atoms with van der Waals surface area (Å²) in [6.07, 6.45) is 5.92. The van der Waals surface area contributed by atoms with Gasteiger partial charge in [0.15, 0.2) is 0 Å². The molecule has 0 aromatic carbocycles. The summed E-state index contributed by atoms with van der Waals surface area (Å²) < 4.78 is 0. The number of amides is 2. The van der Waals surface area contributed by atoms with Gasteiger partial charge < -0.3 is 10.6 Å². The third-order valence-corrected chi connectivity index (χ3v) is 4.05. The van der Waals surface area contributed by atoms with Crippen LogP contribution in [-0.2, 0) is 4.79 Å². The number of unbranched alkanes of at least 4 members (excludes halogenated alkanes) is 3. The Balaban J connectivity index is 1.98. The van der Waals surface area contributed by atoms with Crippen LogP contribution in [0.25, 0.3) is 0 Å². The van der Waals surface area contributed by atoms with E-state index in [1.807, 2.05) is 11.4 Å². The smallest absolute Gasteiger partial charge is 0.261 e. The monoisotopic (exact) mass is 310 g/mol. The van der Waals surface area contributed by atoms with E-state index in [9.17, 15) is 9.59 Å². The van der Waals surface area contributed by atoms with Crippen LogP contribution in [0.4, 0.5) is 0 Å². The van der Waals surface area contributed by atoms with Crippen molar-refractivity contribution in [3.05, 3.63) is 22.4 Å². The summed E-state index contributed by atoms with van der Waals surface area (Å²) in [4.78, 5) is 23.8. The van der Waals surface area contributed by atoms with Crippen molar-refractivity contribution in [3.8, 4) is 0 Å². The Kier molecular flexibility index (Phi) is 8.74. The lowest BCUT2D eigenvalue weighted by Gasteiger charge is -2.07. The van der Waals surface area contributed by atoms with E-state index >= 15 is 0 Å². The molecule has 118 valence electrons. The Morgan fingerprint density at radius 1 is 1.14 bits per heavy atom. The maximum Gasteiger partial charge on any atom is 0.261 e. The Labute approximate surface area is 131 Å². The minimum Gasteiger partial charge on any atom is -0.355 e. The minimum absolute atomic E-state index is 0.0457. The molecule has 0 aliphatic carbocycles. The van der Waals surface area contributed by atoms with Crippen LogP contribution in [0.1, 0.15) is 55.6 Å². The van der Waals surface area contributed by atoms with Gasteiger partial charge in [0.25, 0.3) is 5.91 Å². The molecule has 0 fully saturated rings. The highest BCUT2D eigenvalue weighted by Gasteiger charge is 2.07. The quantitative estimate of drug-likeness (QED) is 0.652. The topological polar surface area (TPSA) is 58.2 Å². The highest BCUT2D eigenvalue weighted by Crippen LogP contribution is 2.09. The van der Waals surface area contributed by atoms with E-state index in [4.69, 9.17) is 0 Å². The van der Waals surface area contributed by atoms with Gasteiger partial charge in [0.2, 0.25) is 5.91 Å². The van der Waals surface area contributed by atoms with E-state index in [0.717, 1.165) is 18.8 Å². The molecule has 0 radical (unpaired) electrons. The average Bonchev–Trinajstić information content (AvgIpc) is 2.97. The van der Waals surface area contributed by atoms with Gasteiger partial charge in [-0.1, -0.05) is 45.6 Å². The van der Waals surface area contributed by atoms with Crippen molar-refractivity contribution in [3.63, 3.8) is 0 Å². The zero-order valence-corrected chi connectivity index (χ0v) is 13.8. The molecular formula is C16H26N2O2S. The largest absolute Gasteiger partial charge is 0.355 e. The number of hydrogen-bond acceptors (Lipinski definition) is 3. The third kappa shape index (κ3) is 8.50. The fourth-order valence-electron chi connectivity index (χ4n) is 1.98. The SMILES string of the molecule is CC(C)CCCCCCNC(=O)CNC(=O)c1cccs1. The maximum atomic E-state index is 11.6. The van der Waals surface area contributed by atoms with Crippen LogP contribution in [0.3, 0.4) is 0 Å². The summed E-state index contributed by atoms with van der Waals surface area (Å²) in [6.45, 7) is 5.22.